The average Bonchev–Trinajstić information content (AvgIpc) is 2.41. The van der Waals surface area contributed by atoms with Gasteiger partial charge in [0.15, 0.2) is 0 Å². The summed E-state index contributed by atoms with van der Waals surface area (Å²) in [5, 5.41) is 0. The van der Waals surface area contributed by atoms with Gasteiger partial charge < -0.3 is 5.73 Å². The Morgan fingerprint density at radius 1 is 1.29 bits per heavy atom. The third-order valence-electron chi connectivity index (χ3n) is 3.10. The van der Waals surface area contributed by atoms with Crippen molar-refractivity contribution in [2.45, 2.75) is 60.4 Å². The van der Waals surface area contributed by atoms with Gasteiger partial charge in [0.2, 0.25) is 0 Å². The molecule has 0 aliphatic rings. The summed E-state index contributed by atoms with van der Waals surface area (Å²) in [6, 6.07) is 2.46. The van der Waals surface area contributed by atoms with Crippen LogP contribution >= 0.6 is 11.3 Å². The molecule has 0 saturated carbocycles. The smallest absolute Gasteiger partial charge is 0.0308 e. The molecule has 1 rings (SSSR count). The minimum absolute atomic E-state index is 0.206. The van der Waals surface area contributed by atoms with Crippen LogP contribution < -0.4 is 5.73 Å². The van der Waals surface area contributed by atoms with Crippen LogP contribution in [0.2, 0.25) is 0 Å². The molecule has 1 heterocycles. The largest absolute Gasteiger partial charge is 0.324 e. The molecule has 0 fully saturated rings. The fraction of sp³-hybridized carbons (Fsp3) is 0.733. The van der Waals surface area contributed by atoms with E-state index in [1.165, 1.54) is 21.7 Å². The Morgan fingerprint density at radius 3 is 2.29 bits per heavy atom. The van der Waals surface area contributed by atoms with E-state index in [1.54, 1.807) is 0 Å². The Morgan fingerprint density at radius 2 is 1.88 bits per heavy atom. The molecular weight excluding hydrogens is 226 g/mol. The van der Waals surface area contributed by atoms with E-state index in [4.69, 9.17) is 5.73 Å². The molecule has 0 aliphatic heterocycles. The maximum Gasteiger partial charge on any atom is 0.0308 e. The molecule has 2 N–H and O–H groups in total. The molecule has 98 valence electrons. The highest BCUT2D eigenvalue weighted by atomic mass is 32.1. The van der Waals surface area contributed by atoms with Crippen molar-refractivity contribution >= 4 is 11.3 Å². The lowest BCUT2D eigenvalue weighted by atomic mass is 9.82. The molecule has 0 aromatic carbocycles. The molecular formula is C15H27NS. The van der Waals surface area contributed by atoms with Crippen molar-refractivity contribution < 1.29 is 0 Å². The average molecular weight is 253 g/mol. The molecule has 1 aromatic heterocycles. The van der Waals surface area contributed by atoms with Gasteiger partial charge in [0, 0.05) is 15.8 Å². The number of hydrogen-bond acceptors (Lipinski definition) is 2. The van der Waals surface area contributed by atoms with Gasteiger partial charge in [-0.1, -0.05) is 27.7 Å². The second-order valence-corrected chi connectivity index (χ2v) is 8.04. The van der Waals surface area contributed by atoms with Gasteiger partial charge in [0.05, 0.1) is 0 Å². The summed E-state index contributed by atoms with van der Waals surface area (Å²) in [7, 11) is 0. The topological polar surface area (TPSA) is 26.0 Å². The van der Waals surface area contributed by atoms with Crippen molar-refractivity contribution in [3.05, 3.63) is 21.4 Å². The van der Waals surface area contributed by atoms with Gasteiger partial charge in [-0.15, -0.1) is 11.3 Å². The van der Waals surface area contributed by atoms with Gasteiger partial charge in [-0.3, -0.25) is 0 Å². The third kappa shape index (κ3) is 4.81. The van der Waals surface area contributed by atoms with Gasteiger partial charge >= 0.3 is 0 Å². The first-order valence-electron chi connectivity index (χ1n) is 6.51. The summed E-state index contributed by atoms with van der Waals surface area (Å²) in [6.45, 7) is 13.6. The number of nitrogens with two attached hydrogens (primary N) is 1. The fourth-order valence-corrected chi connectivity index (χ4v) is 3.70. The Kier molecular flexibility index (Phi) is 4.79. The fourth-order valence-electron chi connectivity index (χ4n) is 2.71. The van der Waals surface area contributed by atoms with Gasteiger partial charge in [0.1, 0.15) is 0 Å². The van der Waals surface area contributed by atoms with Crippen molar-refractivity contribution in [1.82, 2.24) is 0 Å². The zero-order valence-corrected chi connectivity index (χ0v) is 12.9. The van der Waals surface area contributed by atoms with Gasteiger partial charge in [0.25, 0.3) is 0 Å². The number of aryl methyl sites for hydroxylation is 2. The van der Waals surface area contributed by atoms with E-state index in [0.717, 1.165) is 6.42 Å². The predicted molar refractivity (Wildman–Crippen MR) is 78.6 cm³/mol. The lowest BCUT2D eigenvalue weighted by Gasteiger charge is -2.25. The minimum atomic E-state index is 0.206. The molecule has 0 radical (unpaired) electrons. The third-order valence-corrected chi connectivity index (χ3v) is 4.08. The Labute approximate surface area is 110 Å². The highest BCUT2D eigenvalue weighted by Gasteiger charge is 2.19. The van der Waals surface area contributed by atoms with Crippen molar-refractivity contribution in [1.29, 1.82) is 0 Å². The van der Waals surface area contributed by atoms with Crippen LogP contribution in [0.25, 0.3) is 0 Å². The second-order valence-electron chi connectivity index (χ2n) is 6.58. The van der Waals surface area contributed by atoms with Crippen LogP contribution in [-0.4, -0.2) is 0 Å². The van der Waals surface area contributed by atoms with Crippen LogP contribution in [0.3, 0.4) is 0 Å². The zero-order valence-electron chi connectivity index (χ0n) is 12.1. The maximum atomic E-state index is 6.34. The van der Waals surface area contributed by atoms with E-state index in [1.807, 2.05) is 11.3 Å². The second kappa shape index (κ2) is 5.53. The van der Waals surface area contributed by atoms with E-state index in [9.17, 15) is 0 Å². The molecule has 2 unspecified atom stereocenters. The van der Waals surface area contributed by atoms with Crippen LogP contribution in [0, 0.1) is 25.2 Å². The van der Waals surface area contributed by atoms with E-state index in [-0.39, 0.29) is 6.04 Å². The van der Waals surface area contributed by atoms with Crippen LogP contribution in [0.5, 0.6) is 0 Å². The first-order valence-corrected chi connectivity index (χ1v) is 7.33. The molecule has 0 saturated heterocycles. The number of hydrogen-bond donors (Lipinski definition) is 1. The highest BCUT2D eigenvalue weighted by Crippen LogP contribution is 2.32. The zero-order chi connectivity index (χ0) is 13.2. The molecule has 2 atom stereocenters. The molecule has 0 spiro atoms. The quantitative estimate of drug-likeness (QED) is 0.817. The van der Waals surface area contributed by atoms with Gasteiger partial charge in [-0.05, 0) is 49.7 Å². The van der Waals surface area contributed by atoms with E-state index >= 15 is 0 Å². The molecule has 0 aliphatic carbocycles. The first kappa shape index (κ1) is 14.7. The summed E-state index contributed by atoms with van der Waals surface area (Å²) < 4.78 is 0. The summed E-state index contributed by atoms with van der Waals surface area (Å²) in [5.74, 6) is 0.685. The van der Waals surface area contributed by atoms with Gasteiger partial charge in [-0.25, -0.2) is 0 Å². The van der Waals surface area contributed by atoms with Crippen LogP contribution in [0.1, 0.15) is 61.9 Å². The van der Waals surface area contributed by atoms with Crippen LogP contribution in [-0.2, 0) is 0 Å². The normalized spacial score (nSPS) is 15.9. The Hall–Kier alpha value is -0.340. The Bertz CT molecular complexity index is 359. The molecule has 2 heteroatoms. The van der Waals surface area contributed by atoms with Crippen molar-refractivity contribution in [2.24, 2.45) is 17.1 Å². The summed E-state index contributed by atoms with van der Waals surface area (Å²) in [5.41, 5.74) is 8.09. The standard InChI is InChI=1S/C15H27NS/c1-10(9-15(4,5)6)7-14(16)13-8-11(2)17-12(13)3/h8,10,14H,7,9,16H2,1-6H3. The van der Waals surface area contributed by atoms with Crippen molar-refractivity contribution in [2.75, 3.05) is 0 Å². The SMILES string of the molecule is Cc1cc(C(N)CC(C)CC(C)(C)C)c(C)s1. The number of rotatable bonds is 4. The van der Waals surface area contributed by atoms with Crippen LogP contribution in [0.15, 0.2) is 6.07 Å². The van der Waals surface area contributed by atoms with Gasteiger partial charge in [-0.2, -0.15) is 0 Å². The summed E-state index contributed by atoms with van der Waals surface area (Å²) in [6.07, 6.45) is 2.33. The van der Waals surface area contributed by atoms with Crippen molar-refractivity contribution in [3.8, 4) is 0 Å². The lowest BCUT2D eigenvalue weighted by Crippen LogP contribution is -2.18. The van der Waals surface area contributed by atoms with E-state index in [0.29, 0.717) is 11.3 Å². The molecule has 17 heavy (non-hydrogen) atoms. The molecule has 1 aromatic rings. The first-order chi connectivity index (χ1) is 7.69. The van der Waals surface area contributed by atoms with E-state index < -0.39 is 0 Å². The summed E-state index contributed by atoms with van der Waals surface area (Å²) >= 11 is 1.86. The maximum absolute atomic E-state index is 6.34. The molecule has 1 nitrogen and oxygen atoms in total. The number of thiophene rings is 1. The minimum Gasteiger partial charge on any atom is -0.324 e. The van der Waals surface area contributed by atoms with Crippen molar-refractivity contribution in [3.63, 3.8) is 0 Å². The molecule has 0 bridgehead atoms. The Balaban J connectivity index is 2.60. The van der Waals surface area contributed by atoms with E-state index in [2.05, 4.69) is 47.6 Å². The van der Waals surface area contributed by atoms with Crippen LogP contribution in [0.4, 0.5) is 0 Å². The lowest BCUT2D eigenvalue weighted by molar-refractivity contribution is 0.286. The monoisotopic (exact) mass is 253 g/mol. The highest BCUT2D eigenvalue weighted by molar-refractivity contribution is 7.12. The predicted octanol–water partition coefficient (Wildman–Crippen LogP) is 4.83. The summed E-state index contributed by atoms with van der Waals surface area (Å²) in [4.78, 5) is 2.76. The molecule has 0 amide bonds.